The van der Waals surface area contributed by atoms with E-state index in [9.17, 15) is 4.79 Å². The molecule has 0 atom stereocenters. The van der Waals surface area contributed by atoms with E-state index >= 15 is 0 Å². The summed E-state index contributed by atoms with van der Waals surface area (Å²) in [6, 6.07) is 7.45. The van der Waals surface area contributed by atoms with Gasteiger partial charge in [0.25, 0.3) is 0 Å². The summed E-state index contributed by atoms with van der Waals surface area (Å²) >= 11 is 0. The minimum atomic E-state index is -1.02. The van der Waals surface area contributed by atoms with Gasteiger partial charge < -0.3 is 9.63 Å². The fraction of sp³-hybridized carbons (Fsp3) is 0.0909. The molecule has 0 saturated heterocycles. The Morgan fingerprint density at radius 2 is 2.00 bits per heavy atom. The van der Waals surface area contributed by atoms with Crippen molar-refractivity contribution in [3.63, 3.8) is 0 Å². The maximum absolute atomic E-state index is 11.0. The van der Waals surface area contributed by atoms with Gasteiger partial charge in [0.1, 0.15) is 13.4 Å². The highest BCUT2D eigenvalue weighted by molar-refractivity contribution is 6.32. The zero-order valence-corrected chi connectivity index (χ0v) is 9.02. The second-order valence-electron chi connectivity index (χ2n) is 3.64. The molecule has 2 aromatic rings. The molecule has 80 valence electrons. The molecule has 0 saturated carbocycles. The van der Waals surface area contributed by atoms with Crippen molar-refractivity contribution in [3.8, 4) is 11.3 Å². The molecular weight excluding hydrogens is 205 g/mol. The number of aromatic nitrogens is 1. The number of aromatic carboxylic acids is 1. The van der Waals surface area contributed by atoms with E-state index in [-0.39, 0.29) is 5.56 Å². The Labute approximate surface area is 93.3 Å². The van der Waals surface area contributed by atoms with Crippen molar-refractivity contribution in [3.05, 3.63) is 35.5 Å². The van der Waals surface area contributed by atoms with E-state index in [0.717, 1.165) is 11.0 Å². The number of carbonyl (C=O) groups is 1. The lowest BCUT2D eigenvalue weighted by Gasteiger charge is -1.98. The molecule has 0 spiro atoms. The average molecular weight is 215 g/mol. The molecule has 0 aliphatic heterocycles. The highest BCUT2D eigenvalue weighted by atomic mass is 16.5. The highest BCUT2D eigenvalue weighted by Crippen LogP contribution is 2.25. The molecule has 0 unspecified atom stereocenters. The summed E-state index contributed by atoms with van der Waals surface area (Å²) in [7, 11) is 1.97. The lowest BCUT2D eigenvalue weighted by Crippen LogP contribution is -2.01. The molecule has 1 N–H and O–H groups in total. The van der Waals surface area contributed by atoms with Crippen LogP contribution in [0, 0.1) is 6.92 Å². The molecule has 4 nitrogen and oxygen atoms in total. The summed E-state index contributed by atoms with van der Waals surface area (Å²) in [6.45, 7) is 1.62. The largest absolute Gasteiger partial charge is 0.477 e. The van der Waals surface area contributed by atoms with E-state index in [1.807, 2.05) is 32.1 Å². The number of rotatable bonds is 2. The van der Waals surface area contributed by atoms with Crippen LogP contribution in [0.2, 0.25) is 0 Å². The number of benzene rings is 1. The number of carboxylic acids is 1. The number of hydrogen-bond acceptors (Lipinski definition) is 3. The van der Waals surface area contributed by atoms with Crippen molar-refractivity contribution in [2.75, 3.05) is 0 Å². The monoisotopic (exact) mass is 215 g/mol. The smallest absolute Gasteiger partial charge is 0.341 e. The topological polar surface area (TPSA) is 63.3 Å². The molecule has 1 heterocycles. The molecule has 0 aliphatic rings. The van der Waals surface area contributed by atoms with Crippen molar-refractivity contribution in [1.29, 1.82) is 0 Å². The first-order valence-corrected chi connectivity index (χ1v) is 4.86. The van der Waals surface area contributed by atoms with Crippen LogP contribution in [0.15, 0.2) is 28.8 Å². The van der Waals surface area contributed by atoms with Gasteiger partial charge in [0, 0.05) is 5.56 Å². The van der Waals surface area contributed by atoms with Gasteiger partial charge in [-0.1, -0.05) is 34.9 Å². The Balaban J connectivity index is 2.56. The number of carboxylic acid groups (broad SMARTS) is 1. The summed E-state index contributed by atoms with van der Waals surface area (Å²) in [4.78, 5) is 11.0. The highest BCUT2D eigenvalue weighted by Gasteiger charge is 2.20. The Morgan fingerprint density at radius 3 is 2.56 bits per heavy atom. The van der Waals surface area contributed by atoms with Crippen molar-refractivity contribution >= 4 is 19.3 Å². The standard InChI is InChI=1S/C11H10BNO3/c1-6-9(11(14)15)10(16-13-6)7-2-4-8(12)5-3-7/h2-5H,12H2,1H3,(H,14,15). The normalized spacial score (nSPS) is 10.3. The van der Waals surface area contributed by atoms with Gasteiger partial charge in [-0.05, 0) is 6.92 Å². The first-order valence-electron chi connectivity index (χ1n) is 4.86. The van der Waals surface area contributed by atoms with E-state index in [2.05, 4.69) is 5.16 Å². The summed E-state index contributed by atoms with van der Waals surface area (Å²) in [6.07, 6.45) is 0. The van der Waals surface area contributed by atoms with Crippen molar-refractivity contribution in [2.24, 2.45) is 0 Å². The molecule has 0 bridgehead atoms. The average Bonchev–Trinajstić information content (AvgIpc) is 2.61. The van der Waals surface area contributed by atoms with Gasteiger partial charge in [-0.2, -0.15) is 0 Å². The van der Waals surface area contributed by atoms with Crippen LogP contribution < -0.4 is 5.46 Å². The zero-order valence-electron chi connectivity index (χ0n) is 9.02. The van der Waals surface area contributed by atoms with E-state index in [0.29, 0.717) is 11.5 Å². The molecule has 1 aromatic heterocycles. The maximum atomic E-state index is 11.0. The van der Waals surface area contributed by atoms with Gasteiger partial charge in [0.15, 0.2) is 5.76 Å². The first kappa shape index (κ1) is 10.5. The van der Waals surface area contributed by atoms with Gasteiger partial charge in [-0.25, -0.2) is 4.79 Å². The number of hydrogen-bond donors (Lipinski definition) is 1. The SMILES string of the molecule is Bc1ccc(-c2onc(C)c2C(=O)O)cc1. The lowest BCUT2D eigenvalue weighted by molar-refractivity contribution is 0.0696. The van der Waals surface area contributed by atoms with E-state index in [1.54, 1.807) is 6.92 Å². The summed E-state index contributed by atoms with van der Waals surface area (Å²) < 4.78 is 5.05. The molecule has 5 heteroatoms. The van der Waals surface area contributed by atoms with Gasteiger partial charge in [0.2, 0.25) is 0 Å². The van der Waals surface area contributed by atoms with Crippen molar-refractivity contribution in [2.45, 2.75) is 6.92 Å². The van der Waals surface area contributed by atoms with Crippen LogP contribution in [-0.2, 0) is 0 Å². The maximum Gasteiger partial charge on any atom is 0.341 e. The molecular formula is C11H10BNO3. The van der Waals surface area contributed by atoms with Crippen LogP contribution in [0.25, 0.3) is 11.3 Å². The molecule has 2 rings (SSSR count). The second kappa shape index (κ2) is 3.85. The zero-order chi connectivity index (χ0) is 11.7. The van der Waals surface area contributed by atoms with E-state index in [1.165, 1.54) is 0 Å². The van der Waals surface area contributed by atoms with Gasteiger partial charge in [-0.3, -0.25) is 0 Å². The first-order chi connectivity index (χ1) is 7.59. The van der Waals surface area contributed by atoms with Crippen LogP contribution >= 0.6 is 0 Å². The third-order valence-electron chi connectivity index (χ3n) is 2.39. The van der Waals surface area contributed by atoms with Gasteiger partial charge in [-0.15, -0.1) is 0 Å². The Morgan fingerprint density at radius 1 is 1.38 bits per heavy atom. The van der Waals surface area contributed by atoms with Crippen LogP contribution in [0.3, 0.4) is 0 Å². The molecule has 16 heavy (non-hydrogen) atoms. The third-order valence-corrected chi connectivity index (χ3v) is 2.39. The molecule has 1 aromatic carbocycles. The quantitative estimate of drug-likeness (QED) is 0.745. The van der Waals surface area contributed by atoms with Crippen LogP contribution in [0.4, 0.5) is 0 Å². The summed E-state index contributed by atoms with van der Waals surface area (Å²) in [5.74, 6) is -0.709. The fourth-order valence-electron chi connectivity index (χ4n) is 1.52. The van der Waals surface area contributed by atoms with Crippen LogP contribution in [0.5, 0.6) is 0 Å². The lowest BCUT2D eigenvalue weighted by atomic mass is 9.94. The van der Waals surface area contributed by atoms with Crippen LogP contribution in [0.1, 0.15) is 16.1 Å². The molecule has 0 fully saturated rings. The summed E-state index contributed by atoms with van der Waals surface area (Å²) in [5.41, 5.74) is 2.35. The minimum Gasteiger partial charge on any atom is -0.477 e. The Hall–Kier alpha value is -2.04. The van der Waals surface area contributed by atoms with Crippen LogP contribution in [-0.4, -0.2) is 24.1 Å². The molecule has 0 aliphatic carbocycles. The van der Waals surface area contributed by atoms with Gasteiger partial charge >= 0.3 is 5.97 Å². The number of nitrogens with zero attached hydrogens (tertiary/aromatic N) is 1. The molecule has 0 radical (unpaired) electrons. The number of aryl methyl sites for hydroxylation is 1. The van der Waals surface area contributed by atoms with Crippen molar-refractivity contribution < 1.29 is 14.4 Å². The van der Waals surface area contributed by atoms with Gasteiger partial charge in [0.05, 0.1) is 5.69 Å². The molecule has 0 amide bonds. The third kappa shape index (κ3) is 1.71. The minimum absolute atomic E-state index is 0.129. The van der Waals surface area contributed by atoms with Crippen molar-refractivity contribution in [1.82, 2.24) is 5.16 Å². The van der Waals surface area contributed by atoms with E-state index in [4.69, 9.17) is 9.63 Å². The Kier molecular flexibility index (Phi) is 2.52. The second-order valence-corrected chi connectivity index (χ2v) is 3.64. The summed E-state index contributed by atoms with van der Waals surface area (Å²) in [5, 5.41) is 12.7. The Bertz CT molecular complexity index is 531. The predicted octanol–water partition coefficient (Wildman–Crippen LogP) is 0.607. The predicted molar refractivity (Wildman–Crippen MR) is 61.8 cm³/mol. The fourth-order valence-corrected chi connectivity index (χ4v) is 1.52. The van der Waals surface area contributed by atoms with E-state index < -0.39 is 5.97 Å².